The molecule has 74 valence electrons. The minimum absolute atomic E-state index is 0.178. The van der Waals surface area contributed by atoms with Gasteiger partial charge in [0.2, 0.25) is 0 Å². The zero-order chi connectivity index (χ0) is 10.5. The fourth-order valence-corrected chi connectivity index (χ4v) is 1.17. The van der Waals surface area contributed by atoms with Crippen LogP contribution in [0.1, 0.15) is 5.56 Å². The van der Waals surface area contributed by atoms with Crippen LogP contribution < -0.4 is 5.90 Å². The first-order valence-corrected chi connectivity index (χ1v) is 4.75. The van der Waals surface area contributed by atoms with Gasteiger partial charge in [-0.3, -0.25) is 0 Å². The SMILES string of the molecule is Cc1ccc(S(=O)(=O)[O-])cc1.[NH3+]O. The smallest absolute Gasteiger partial charge is 0.124 e. The summed E-state index contributed by atoms with van der Waals surface area (Å²) in [6, 6.07) is 5.78. The Kier molecular flexibility index (Phi) is 4.57. The Balaban J connectivity index is 0.000000671. The molecule has 1 aromatic rings. The molecule has 0 amide bonds. The molecule has 0 heterocycles. The summed E-state index contributed by atoms with van der Waals surface area (Å²) in [6.45, 7) is 1.82. The summed E-state index contributed by atoms with van der Waals surface area (Å²) >= 11 is 0. The molecule has 1 aromatic carbocycles. The zero-order valence-corrected chi connectivity index (χ0v) is 7.91. The second kappa shape index (κ2) is 4.93. The van der Waals surface area contributed by atoms with Gasteiger partial charge in [-0.05, 0) is 19.1 Å². The molecule has 0 radical (unpaired) electrons. The lowest BCUT2D eigenvalue weighted by molar-refractivity contribution is -0.670. The summed E-state index contributed by atoms with van der Waals surface area (Å²) in [5, 5.41) is 6.75. The molecule has 1 rings (SSSR count). The maximum absolute atomic E-state index is 10.4. The van der Waals surface area contributed by atoms with Crippen LogP contribution in [0.5, 0.6) is 0 Å². The summed E-state index contributed by atoms with van der Waals surface area (Å²) in [7, 11) is -4.27. The first-order valence-electron chi connectivity index (χ1n) is 3.34. The van der Waals surface area contributed by atoms with Gasteiger partial charge in [0.05, 0.1) is 4.90 Å². The van der Waals surface area contributed by atoms with Crippen LogP contribution in [0.4, 0.5) is 0 Å². The molecular formula is C7H11NO4S. The van der Waals surface area contributed by atoms with Crippen molar-refractivity contribution in [2.45, 2.75) is 11.8 Å². The zero-order valence-electron chi connectivity index (χ0n) is 7.10. The first kappa shape index (κ1) is 12.0. The molecule has 0 fully saturated rings. The molecule has 13 heavy (non-hydrogen) atoms. The molecule has 0 aliphatic heterocycles. The fourth-order valence-electron chi connectivity index (χ4n) is 0.705. The second-order valence-electron chi connectivity index (χ2n) is 2.27. The van der Waals surface area contributed by atoms with E-state index in [0.29, 0.717) is 0 Å². The van der Waals surface area contributed by atoms with E-state index in [0.717, 1.165) is 5.56 Å². The van der Waals surface area contributed by atoms with Crippen molar-refractivity contribution in [2.24, 2.45) is 0 Å². The number of aryl methyl sites for hydroxylation is 1. The predicted octanol–water partition coefficient (Wildman–Crippen LogP) is -0.483. The highest BCUT2D eigenvalue weighted by Gasteiger charge is 1.97. The van der Waals surface area contributed by atoms with Crippen molar-refractivity contribution >= 4 is 10.1 Å². The molecule has 0 atom stereocenters. The normalized spacial score (nSPS) is 10.2. The van der Waals surface area contributed by atoms with E-state index >= 15 is 0 Å². The van der Waals surface area contributed by atoms with Gasteiger partial charge in [-0.2, -0.15) is 0 Å². The summed E-state index contributed by atoms with van der Waals surface area (Å²) in [5.41, 5.74) is 0.928. The van der Waals surface area contributed by atoms with Crippen molar-refractivity contribution < 1.29 is 24.1 Å². The fraction of sp³-hybridized carbons (Fsp3) is 0.143. The molecule has 0 unspecified atom stereocenters. The van der Waals surface area contributed by atoms with E-state index in [9.17, 15) is 13.0 Å². The Bertz CT molecular complexity index is 343. The van der Waals surface area contributed by atoms with Gasteiger partial charge in [-0.15, -0.1) is 0 Å². The van der Waals surface area contributed by atoms with E-state index in [-0.39, 0.29) is 4.90 Å². The van der Waals surface area contributed by atoms with Gasteiger partial charge >= 0.3 is 0 Å². The highest BCUT2D eigenvalue weighted by molar-refractivity contribution is 7.85. The predicted molar refractivity (Wildman–Crippen MR) is 43.8 cm³/mol. The van der Waals surface area contributed by atoms with E-state index in [1.165, 1.54) is 12.1 Å². The van der Waals surface area contributed by atoms with E-state index in [1.807, 2.05) is 6.92 Å². The van der Waals surface area contributed by atoms with Crippen molar-refractivity contribution in [1.29, 1.82) is 0 Å². The molecule has 0 saturated heterocycles. The molecule has 0 aromatic heterocycles. The average Bonchev–Trinajstić information content (AvgIpc) is 2.07. The summed E-state index contributed by atoms with van der Waals surface area (Å²) in [4.78, 5) is -0.178. The van der Waals surface area contributed by atoms with Gasteiger partial charge in [-0.25, -0.2) is 19.5 Å². The number of hydrogen-bond acceptors (Lipinski definition) is 4. The van der Waals surface area contributed by atoms with Crippen molar-refractivity contribution in [2.75, 3.05) is 0 Å². The number of quaternary nitrogens is 1. The Hall–Kier alpha value is -0.950. The minimum atomic E-state index is -4.27. The van der Waals surface area contributed by atoms with Gasteiger partial charge in [0, 0.05) is 0 Å². The molecule has 5 nitrogen and oxygen atoms in total. The molecule has 0 aliphatic carbocycles. The van der Waals surface area contributed by atoms with E-state index in [1.54, 1.807) is 12.1 Å². The van der Waals surface area contributed by atoms with Gasteiger partial charge in [0.25, 0.3) is 0 Å². The molecule has 0 bridgehead atoms. The minimum Gasteiger partial charge on any atom is -0.744 e. The summed E-state index contributed by atoms with van der Waals surface area (Å²) in [6.07, 6.45) is 0. The van der Waals surface area contributed by atoms with Gasteiger partial charge in [0.15, 0.2) is 0 Å². The van der Waals surface area contributed by atoms with Crippen LogP contribution >= 0.6 is 0 Å². The van der Waals surface area contributed by atoms with Gasteiger partial charge in [-0.1, -0.05) is 17.7 Å². The highest BCUT2D eigenvalue weighted by Crippen LogP contribution is 2.08. The van der Waals surface area contributed by atoms with Gasteiger partial charge in [0.1, 0.15) is 10.1 Å². The van der Waals surface area contributed by atoms with Crippen molar-refractivity contribution in [3.63, 3.8) is 0 Å². The lowest BCUT2D eigenvalue weighted by atomic mass is 10.2. The Morgan fingerprint density at radius 3 is 1.92 bits per heavy atom. The van der Waals surface area contributed by atoms with Gasteiger partial charge < -0.3 is 4.55 Å². The number of benzene rings is 1. The molecule has 0 spiro atoms. The summed E-state index contributed by atoms with van der Waals surface area (Å²) < 4.78 is 31.2. The lowest BCUT2D eigenvalue weighted by Gasteiger charge is -2.05. The Morgan fingerprint density at radius 1 is 1.23 bits per heavy atom. The van der Waals surface area contributed by atoms with E-state index in [2.05, 4.69) is 5.90 Å². The van der Waals surface area contributed by atoms with Crippen molar-refractivity contribution in [1.82, 2.24) is 0 Å². The Morgan fingerprint density at radius 2 is 1.62 bits per heavy atom. The maximum atomic E-state index is 10.4. The molecule has 0 aliphatic rings. The quantitative estimate of drug-likeness (QED) is 0.477. The Labute approximate surface area is 76.5 Å². The molecular weight excluding hydrogens is 194 g/mol. The van der Waals surface area contributed by atoms with Crippen LogP contribution in [-0.4, -0.2) is 18.2 Å². The van der Waals surface area contributed by atoms with Crippen molar-refractivity contribution in [3.8, 4) is 0 Å². The number of hydrogen-bond donors (Lipinski definition) is 2. The topological polar surface area (TPSA) is 105 Å². The largest absolute Gasteiger partial charge is 0.744 e. The first-order chi connectivity index (χ1) is 6.00. The van der Waals surface area contributed by atoms with Crippen LogP contribution in [0.15, 0.2) is 29.2 Å². The maximum Gasteiger partial charge on any atom is 0.124 e. The lowest BCUT2D eigenvalue weighted by Crippen LogP contribution is -2.42. The van der Waals surface area contributed by atoms with Crippen LogP contribution in [0.3, 0.4) is 0 Å². The van der Waals surface area contributed by atoms with Crippen LogP contribution in [0.25, 0.3) is 0 Å². The monoisotopic (exact) mass is 205 g/mol. The van der Waals surface area contributed by atoms with Crippen LogP contribution in [0.2, 0.25) is 0 Å². The molecule has 4 N–H and O–H groups in total. The second-order valence-corrected chi connectivity index (χ2v) is 3.65. The summed E-state index contributed by atoms with van der Waals surface area (Å²) in [5.74, 6) is 2.25. The van der Waals surface area contributed by atoms with E-state index in [4.69, 9.17) is 5.21 Å². The third-order valence-electron chi connectivity index (χ3n) is 1.31. The highest BCUT2D eigenvalue weighted by atomic mass is 32.2. The van der Waals surface area contributed by atoms with E-state index < -0.39 is 10.1 Å². The molecule has 6 heteroatoms. The van der Waals surface area contributed by atoms with Crippen molar-refractivity contribution in [3.05, 3.63) is 29.8 Å². The van der Waals surface area contributed by atoms with Crippen LogP contribution in [0, 0.1) is 6.92 Å². The standard InChI is InChI=1S/C7H8O3S.H4NO/c1-6-2-4-7(5-3-6)11(8,9)10;1-2/h2-5H,1H3,(H,8,9,10);2H,1H3/q;+1/p-1. The third-order valence-corrected chi connectivity index (χ3v) is 2.16. The third kappa shape index (κ3) is 4.00. The molecule has 0 saturated carbocycles. The average molecular weight is 205 g/mol. The number of rotatable bonds is 1. The van der Waals surface area contributed by atoms with Crippen LogP contribution in [-0.2, 0) is 10.1 Å².